The first kappa shape index (κ1) is 27.8. The fourth-order valence-corrected chi connectivity index (χ4v) is 7.76. The number of para-hydroxylation sites is 4. The zero-order valence-electron chi connectivity index (χ0n) is 22.7. The van der Waals surface area contributed by atoms with Crippen LogP contribution in [0.25, 0.3) is 21.8 Å². The van der Waals surface area contributed by atoms with Gasteiger partial charge in [-0.2, -0.15) is 0 Å². The number of aromatic nitrogens is 2. The summed E-state index contributed by atoms with van der Waals surface area (Å²) < 4.78 is 0. The number of carbonyl (C=O) groups excluding carboxylic acids is 2. The molecule has 2 unspecified atom stereocenters. The SMILES string of the molecule is O=C(Nc1ccccc1)C(Cc1c[nH]c2ccccc12)SSC(Cc1c[nH]c2ccccc12)C(=O)Nc1ccccc1. The second-order valence-corrected chi connectivity index (χ2v) is 12.7. The van der Waals surface area contributed by atoms with Crippen molar-refractivity contribution in [2.75, 3.05) is 10.6 Å². The number of nitrogens with one attached hydrogen (secondary N) is 4. The Hall–Kier alpha value is -4.40. The minimum Gasteiger partial charge on any atom is -0.361 e. The molecule has 6 nitrogen and oxygen atoms in total. The van der Waals surface area contributed by atoms with Crippen molar-refractivity contribution in [3.63, 3.8) is 0 Å². The van der Waals surface area contributed by atoms with Gasteiger partial charge in [0, 0.05) is 45.6 Å². The summed E-state index contributed by atoms with van der Waals surface area (Å²) in [4.78, 5) is 34.0. The van der Waals surface area contributed by atoms with Crippen molar-refractivity contribution in [3.8, 4) is 0 Å². The fraction of sp³-hybridized carbons (Fsp3) is 0.118. The lowest BCUT2D eigenvalue weighted by Gasteiger charge is -2.20. The number of rotatable bonds is 11. The van der Waals surface area contributed by atoms with Gasteiger partial charge in [0.05, 0.1) is 10.5 Å². The molecule has 0 aliphatic carbocycles. The van der Waals surface area contributed by atoms with Gasteiger partial charge in [0.2, 0.25) is 11.8 Å². The number of H-pyrrole nitrogens is 2. The predicted molar refractivity (Wildman–Crippen MR) is 177 cm³/mol. The largest absolute Gasteiger partial charge is 0.361 e. The molecule has 0 bridgehead atoms. The summed E-state index contributed by atoms with van der Waals surface area (Å²) >= 11 is 0. The molecule has 2 amide bonds. The molecule has 4 aromatic carbocycles. The lowest BCUT2D eigenvalue weighted by atomic mass is 10.1. The molecule has 0 saturated carbocycles. The number of aromatic amines is 2. The molecule has 0 fully saturated rings. The number of fused-ring (bicyclic) bond motifs is 2. The molecular formula is C34H30N4O2S2. The molecule has 2 aromatic heterocycles. The highest BCUT2D eigenvalue weighted by Crippen LogP contribution is 2.37. The number of carbonyl (C=O) groups is 2. The van der Waals surface area contributed by atoms with Gasteiger partial charge in [-0.05, 0) is 60.4 Å². The molecule has 2 heterocycles. The van der Waals surface area contributed by atoms with Crippen LogP contribution >= 0.6 is 21.6 Å². The van der Waals surface area contributed by atoms with Gasteiger partial charge in [-0.15, -0.1) is 0 Å². The lowest BCUT2D eigenvalue weighted by molar-refractivity contribution is -0.116. The summed E-state index contributed by atoms with van der Waals surface area (Å²) in [6.07, 6.45) is 4.98. The Morgan fingerprint density at radius 3 is 1.36 bits per heavy atom. The molecule has 210 valence electrons. The van der Waals surface area contributed by atoms with Crippen LogP contribution in [0.4, 0.5) is 11.4 Å². The molecule has 4 N–H and O–H groups in total. The quantitative estimate of drug-likeness (QED) is 0.116. The van der Waals surface area contributed by atoms with E-state index in [1.165, 1.54) is 21.6 Å². The molecule has 0 aliphatic heterocycles. The second-order valence-electron chi connectivity index (χ2n) is 10.0. The van der Waals surface area contributed by atoms with Gasteiger partial charge in [-0.1, -0.05) is 94.4 Å². The average Bonchev–Trinajstić information content (AvgIpc) is 3.63. The molecule has 8 heteroatoms. The van der Waals surface area contributed by atoms with Gasteiger partial charge in [-0.3, -0.25) is 9.59 Å². The first-order chi connectivity index (χ1) is 20.6. The van der Waals surface area contributed by atoms with Gasteiger partial charge in [0.25, 0.3) is 0 Å². The Bertz CT molecular complexity index is 1670. The maximum Gasteiger partial charge on any atom is 0.238 e. The Labute approximate surface area is 252 Å². The van der Waals surface area contributed by atoms with Crippen molar-refractivity contribution in [2.45, 2.75) is 23.3 Å². The molecule has 0 saturated heterocycles. The van der Waals surface area contributed by atoms with E-state index in [-0.39, 0.29) is 11.8 Å². The fourth-order valence-electron chi connectivity index (χ4n) is 4.96. The number of anilines is 2. The molecule has 2 atom stereocenters. The van der Waals surface area contributed by atoms with Crippen LogP contribution in [0.1, 0.15) is 11.1 Å². The van der Waals surface area contributed by atoms with E-state index in [4.69, 9.17) is 0 Å². The van der Waals surface area contributed by atoms with Crippen LogP contribution < -0.4 is 10.6 Å². The Kier molecular flexibility index (Phi) is 8.63. The van der Waals surface area contributed by atoms with Crippen molar-refractivity contribution < 1.29 is 9.59 Å². The molecule has 42 heavy (non-hydrogen) atoms. The lowest BCUT2D eigenvalue weighted by Crippen LogP contribution is -2.29. The van der Waals surface area contributed by atoms with Crippen LogP contribution in [0.3, 0.4) is 0 Å². The van der Waals surface area contributed by atoms with E-state index in [1.807, 2.05) is 109 Å². The maximum atomic E-state index is 13.7. The van der Waals surface area contributed by atoms with Crippen LogP contribution in [0.15, 0.2) is 122 Å². The highest BCUT2D eigenvalue weighted by atomic mass is 33.1. The smallest absolute Gasteiger partial charge is 0.238 e. The van der Waals surface area contributed by atoms with Gasteiger partial charge in [0.15, 0.2) is 0 Å². The van der Waals surface area contributed by atoms with Gasteiger partial charge >= 0.3 is 0 Å². The molecule has 6 aromatic rings. The summed E-state index contributed by atoms with van der Waals surface area (Å²) in [6.45, 7) is 0. The van der Waals surface area contributed by atoms with Crippen molar-refractivity contribution in [1.82, 2.24) is 9.97 Å². The molecule has 0 radical (unpaired) electrons. The molecule has 6 rings (SSSR count). The summed E-state index contributed by atoms with van der Waals surface area (Å²) in [5.74, 6) is -0.198. The second kappa shape index (κ2) is 13.1. The number of hydrogen-bond donors (Lipinski definition) is 4. The summed E-state index contributed by atoms with van der Waals surface area (Å²) in [6, 6.07) is 35.2. The first-order valence-electron chi connectivity index (χ1n) is 13.8. The van der Waals surface area contributed by atoms with E-state index in [9.17, 15) is 9.59 Å². The average molecular weight is 591 g/mol. The van der Waals surface area contributed by atoms with E-state index in [0.29, 0.717) is 12.8 Å². The molecule has 0 spiro atoms. The summed E-state index contributed by atoms with van der Waals surface area (Å²) in [5.41, 5.74) is 5.68. The van der Waals surface area contributed by atoms with E-state index >= 15 is 0 Å². The summed E-state index contributed by atoms with van der Waals surface area (Å²) in [7, 11) is 2.90. The number of benzene rings is 4. The Morgan fingerprint density at radius 2 is 0.929 bits per heavy atom. The van der Waals surface area contributed by atoms with Crippen molar-refractivity contribution in [3.05, 3.63) is 133 Å². The first-order valence-corrected chi connectivity index (χ1v) is 16.1. The Morgan fingerprint density at radius 1 is 0.548 bits per heavy atom. The standard InChI is InChI=1S/C34H30N4O2S2/c39-33(37-25-11-3-1-4-12-25)31(19-23-21-35-29-17-9-7-15-27(23)29)41-42-32(34(40)38-26-13-5-2-6-14-26)20-24-22-36-30-18-10-8-16-28(24)30/h1-18,21-22,31-32,35-36H,19-20H2,(H,37,39)(H,38,40). The predicted octanol–water partition coefficient (Wildman–Crippen LogP) is 7.83. The molecular weight excluding hydrogens is 561 g/mol. The van der Waals surface area contributed by atoms with Crippen molar-refractivity contribution in [1.29, 1.82) is 0 Å². The number of amides is 2. The third-order valence-corrected chi connectivity index (χ3v) is 10.2. The topological polar surface area (TPSA) is 89.8 Å². The third-order valence-electron chi connectivity index (χ3n) is 7.12. The number of hydrogen-bond acceptors (Lipinski definition) is 4. The van der Waals surface area contributed by atoms with E-state index < -0.39 is 10.5 Å². The minimum absolute atomic E-state index is 0.0988. The van der Waals surface area contributed by atoms with Crippen LogP contribution in [0, 0.1) is 0 Å². The van der Waals surface area contributed by atoms with Crippen LogP contribution in [0.5, 0.6) is 0 Å². The highest BCUT2D eigenvalue weighted by Gasteiger charge is 2.28. The Balaban J connectivity index is 1.26. The van der Waals surface area contributed by atoms with Crippen molar-refractivity contribution >= 4 is 66.6 Å². The third kappa shape index (κ3) is 6.56. The van der Waals surface area contributed by atoms with E-state index in [0.717, 1.165) is 44.3 Å². The molecule has 0 aliphatic rings. The van der Waals surface area contributed by atoms with Gasteiger partial charge in [0.1, 0.15) is 0 Å². The van der Waals surface area contributed by atoms with Crippen LogP contribution in [-0.2, 0) is 22.4 Å². The summed E-state index contributed by atoms with van der Waals surface area (Å²) in [5, 5.41) is 7.46. The maximum absolute atomic E-state index is 13.7. The van der Waals surface area contributed by atoms with Crippen LogP contribution in [0.2, 0.25) is 0 Å². The zero-order valence-corrected chi connectivity index (χ0v) is 24.4. The minimum atomic E-state index is -0.440. The van der Waals surface area contributed by atoms with E-state index in [2.05, 4.69) is 32.7 Å². The highest BCUT2D eigenvalue weighted by molar-refractivity contribution is 8.77. The van der Waals surface area contributed by atoms with Crippen LogP contribution in [-0.4, -0.2) is 32.3 Å². The van der Waals surface area contributed by atoms with E-state index in [1.54, 1.807) is 0 Å². The monoisotopic (exact) mass is 590 g/mol. The normalized spacial score (nSPS) is 12.7. The zero-order chi connectivity index (χ0) is 28.7. The van der Waals surface area contributed by atoms with Crippen molar-refractivity contribution in [2.24, 2.45) is 0 Å². The van der Waals surface area contributed by atoms with Gasteiger partial charge < -0.3 is 20.6 Å². The van der Waals surface area contributed by atoms with Gasteiger partial charge in [-0.25, -0.2) is 0 Å².